The molecule has 10 heteroatoms. The van der Waals surface area contributed by atoms with Crippen molar-refractivity contribution in [2.75, 3.05) is 6.54 Å². The van der Waals surface area contributed by atoms with Gasteiger partial charge in [0.05, 0.1) is 17.7 Å². The molecule has 0 fully saturated rings. The van der Waals surface area contributed by atoms with Crippen molar-refractivity contribution in [3.63, 3.8) is 0 Å². The molecule has 4 aromatic heterocycles. The standard InChI is InChI=1S/C20H20FN7O2/c1-20(2,3)19-25-24-17(30-19)18(29)27-8-6-12-15(23-10-22-12)16(27)13-9-14-11(21)5-4-7-28(14)26-13/h4-5,7,9-10,16H,6,8H2,1-3H3,(H,22,23). The minimum Gasteiger partial charge on any atom is -0.416 e. The second kappa shape index (κ2) is 6.48. The van der Waals surface area contributed by atoms with E-state index in [9.17, 15) is 9.18 Å². The molecule has 1 atom stereocenters. The minimum atomic E-state index is -0.600. The Balaban J connectivity index is 1.59. The van der Waals surface area contributed by atoms with Crippen molar-refractivity contribution in [2.24, 2.45) is 0 Å². The van der Waals surface area contributed by atoms with Gasteiger partial charge in [-0.15, -0.1) is 10.2 Å². The van der Waals surface area contributed by atoms with E-state index >= 15 is 0 Å². The third kappa shape index (κ3) is 2.87. The van der Waals surface area contributed by atoms with Crippen LogP contribution in [0.1, 0.15) is 60.5 Å². The highest BCUT2D eigenvalue weighted by Crippen LogP contribution is 2.34. The van der Waals surface area contributed by atoms with E-state index in [1.165, 1.54) is 10.6 Å². The molecule has 5 rings (SSSR count). The van der Waals surface area contributed by atoms with Crippen LogP contribution in [-0.4, -0.2) is 47.1 Å². The van der Waals surface area contributed by atoms with Crippen molar-refractivity contribution in [1.29, 1.82) is 0 Å². The fraction of sp³-hybridized carbons (Fsp3) is 0.350. The Kier molecular flexibility index (Phi) is 3.99. The zero-order valence-corrected chi connectivity index (χ0v) is 16.8. The first kappa shape index (κ1) is 18.5. The SMILES string of the molecule is CC(C)(C)c1nnc(C(=O)N2CCc3[nH]cnc3C2c2cc3c(F)cccn3n2)o1. The summed E-state index contributed by atoms with van der Waals surface area (Å²) in [5.41, 5.74) is 2.06. The molecule has 1 aliphatic rings. The van der Waals surface area contributed by atoms with Crippen molar-refractivity contribution in [3.05, 3.63) is 65.4 Å². The third-order valence-corrected chi connectivity index (χ3v) is 5.18. The number of imidazole rings is 1. The molecule has 5 heterocycles. The molecule has 0 saturated heterocycles. The van der Waals surface area contributed by atoms with Crippen LogP contribution in [0.3, 0.4) is 0 Å². The van der Waals surface area contributed by atoms with Crippen LogP contribution in [-0.2, 0) is 11.8 Å². The Morgan fingerprint density at radius 3 is 2.90 bits per heavy atom. The van der Waals surface area contributed by atoms with Gasteiger partial charge in [-0.25, -0.2) is 13.9 Å². The number of hydrogen-bond donors (Lipinski definition) is 1. The summed E-state index contributed by atoms with van der Waals surface area (Å²) < 4.78 is 21.4. The maximum absolute atomic E-state index is 14.2. The Hall–Kier alpha value is -3.56. The smallest absolute Gasteiger partial charge is 0.312 e. The Morgan fingerprint density at radius 2 is 2.17 bits per heavy atom. The van der Waals surface area contributed by atoms with Crippen LogP contribution in [0, 0.1) is 5.82 Å². The van der Waals surface area contributed by atoms with Gasteiger partial charge in [0.25, 0.3) is 0 Å². The summed E-state index contributed by atoms with van der Waals surface area (Å²) in [5, 5.41) is 12.5. The van der Waals surface area contributed by atoms with Crippen LogP contribution in [0.25, 0.3) is 5.52 Å². The number of carbonyl (C=O) groups excluding carboxylic acids is 1. The van der Waals surface area contributed by atoms with Crippen LogP contribution in [0.5, 0.6) is 0 Å². The number of nitrogens with zero attached hydrogens (tertiary/aromatic N) is 6. The number of pyridine rings is 1. The van der Waals surface area contributed by atoms with Gasteiger partial charge >= 0.3 is 11.8 Å². The number of carbonyl (C=O) groups is 1. The number of halogens is 1. The average Bonchev–Trinajstić information content (AvgIpc) is 3.44. The fourth-order valence-electron chi connectivity index (χ4n) is 3.66. The highest BCUT2D eigenvalue weighted by atomic mass is 19.1. The van der Waals surface area contributed by atoms with Crippen molar-refractivity contribution < 1.29 is 13.6 Å². The van der Waals surface area contributed by atoms with Gasteiger partial charge in [-0.3, -0.25) is 4.79 Å². The van der Waals surface area contributed by atoms with Gasteiger partial charge in [0.2, 0.25) is 5.89 Å². The van der Waals surface area contributed by atoms with Gasteiger partial charge in [0, 0.05) is 30.3 Å². The number of H-pyrrole nitrogens is 1. The highest BCUT2D eigenvalue weighted by molar-refractivity contribution is 5.90. The molecule has 1 aliphatic heterocycles. The van der Waals surface area contributed by atoms with Crippen LogP contribution in [0.2, 0.25) is 0 Å². The summed E-state index contributed by atoms with van der Waals surface area (Å²) in [7, 11) is 0. The van der Waals surface area contributed by atoms with Gasteiger partial charge in [0.1, 0.15) is 17.4 Å². The second-order valence-corrected chi connectivity index (χ2v) is 8.33. The molecule has 154 valence electrons. The van der Waals surface area contributed by atoms with Gasteiger partial charge in [0.15, 0.2) is 0 Å². The largest absolute Gasteiger partial charge is 0.416 e. The summed E-state index contributed by atoms with van der Waals surface area (Å²) in [6.07, 6.45) is 3.85. The normalized spacial score (nSPS) is 16.8. The van der Waals surface area contributed by atoms with Crippen LogP contribution in [0.15, 0.2) is 35.1 Å². The first-order chi connectivity index (χ1) is 14.3. The molecule has 0 radical (unpaired) electrons. The average molecular weight is 409 g/mol. The summed E-state index contributed by atoms with van der Waals surface area (Å²) in [5.74, 6) is -0.499. The van der Waals surface area contributed by atoms with E-state index in [0.717, 1.165) is 5.69 Å². The predicted molar refractivity (Wildman–Crippen MR) is 103 cm³/mol. The molecule has 0 spiro atoms. The Labute approximate surface area is 170 Å². The van der Waals surface area contributed by atoms with E-state index in [2.05, 4.69) is 25.3 Å². The monoisotopic (exact) mass is 409 g/mol. The Morgan fingerprint density at radius 1 is 1.33 bits per heavy atom. The molecule has 30 heavy (non-hydrogen) atoms. The summed E-state index contributed by atoms with van der Waals surface area (Å²) in [6, 6.07) is 3.99. The number of rotatable bonds is 2. The fourth-order valence-corrected chi connectivity index (χ4v) is 3.66. The second-order valence-electron chi connectivity index (χ2n) is 8.33. The van der Waals surface area contributed by atoms with Crippen LogP contribution >= 0.6 is 0 Å². The number of nitrogens with one attached hydrogen (secondary N) is 1. The number of aromatic amines is 1. The zero-order chi connectivity index (χ0) is 21.0. The predicted octanol–water partition coefficient (Wildman–Crippen LogP) is 2.66. The topological polar surface area (TPSA) is 105 Å². The molecule has 0 saturated carbocycles. The highest BCUT2D eigenvalue weighted by Gasteiger charge is 2.38. The molecule has 9 nitrogen and oxygen atoms in total. The maximum Gasteiger partial charge on any atom is 0.312 e. The lowest BCUT2D eigenvalue weighted by Gasteiger charge is -2.32. The van der Waals surface area contributed by atoms with E-state index in [1.54, 1.807) is 29.6 Å². The molecular weight excluding hydrogens is 389 g/mol. The van der Waals surface area contributed by atoms with Crippen molar-refractivity contribution in [1.82, 2.24) is 34.7 Å². The number of aromatic nitrogens is 6. The molecule has 1 amide bonds. The third-order valence-electron chi connectivity index (χ3n) is 5.18. The molecule has 0 aromatic carbocycles. The van der Waals surface area contributed by atoms with Gasteiger partial charge < -0.3 is 14.3 Å². The molecule has 0 bridgehead atoms. The van der Waals surface area contributed by atoms with Crippen LogP contribution in [0.4, 0.5) is 4.39 Å². The molecule has 0 aliphatic carbocycles. The lowest BCUT2D eigenvalue weighted by molar-refractivity contribution is 0.0642. The molecular formula is C20H20FN7O2. The lowest BCUT2D eigenvalue weighted by atomic mass is 9.97. The van der Waals surface area contributed by atoms with Crippen molar-refractivity contribution >= 4 is 11.4 Å². The zero-order valence-electron chi connectivity index (χ0n) is 16.8. The van der Waals surface area contributed by atoms with Crippen LogP contribution < -0.4 is 0 Å². The lowest BCUT2D eigenvalue weighted by Crippen LogP contribution is -2.41. The van der Waals surface area contributed by atoms with E-state index in [4.69, 9.17) is 4.42 Å². The van der Waals surface area contributed by atoms with E-state index in [-0.39, 0.29) is 17.1 Å². The number of fused-ring (bicyclic) bond motifs is 2. The van der Waals surface area contributed by atoms with E-state index in [0.29, 0.717) is 35.8 Å². The first-order valence-corrected chi connectivity index (χ1v) is 9.64. The molecule has 1 unspecified atom stereocenters. The molecule has 1 N–H and O–H groups in total. The summed E-state index contributed by atoms with van der Waals surface area (Å²) >= 11 is 0. The van der Waals surface area contributed by atoms with E-state index in [1.807, 2.05) is 20.8 Å². The van der Waals surface area contributed by atoms with Crippen molar-refractivity contribution in [2.45, 2.75) is 38.6 Å². The summed E-state index contributed by atoms with van der Waals surface area (Å²) in [6.45, 7) is 6.20. The Bertz CT molecular complexity index is 1250. The quantitative estimate of drug-likeness (QED) is 0.546. The van der Waals surface area contributed by atoms with Gasteiger partial charge in [-0.05, 0) is 18.2 Å². The maximum atomic E-state index is 14.2. The van der Waals surface area contributed by atoms with Gasteiger partial charge in [-0.2, -0.15) is 5.10 Å². The van der Waals surface area contributed by atoms with Gasteiger partial charge in [-0.1, -0.05) is 20.8 Å². The van der Waals surface area contributed by atoms with E-state index < -0.39 is 11.9 Å². The molecule has 4 aromatic rings. The minimum absolute atomic E-state index is 0.0844. The first-order valence-electron chi connectivity index (χ1n) is 9.64. The summed E-state index contributed by atoms with van der Waals surface area (Å²) in [4.78, 5) is 22.5. The number of hydrogen-bond acceptors (Lipinski definition) is 6. The van der Waals surface area contributed by atoms with Crippen molar-refractivity contribution in [3.8, 4) is 0 Å². The number of amides is 1.